The monoisotopic (exact) mass is 252 g/mol. The van der Waals surface area contributed by atoms with Crippen molar-refractivity contribution in [2.24, 2.45) is 0 Å². The van der Waals surface area contributed by atoms with E-state index in [0.717, 1.165) is 13.1 Å². The molecular weight excluding hydrogens is 232 g/mol. The maximum Gasteiger partial charge on any atom is 0.239 e. The van der Waals surface area contributed by atoms with E-state index >= 15 is 0 Å². The normalized spacial score (nSPS) is 25.1. The van der Waals surface area contributed by atoms with E-state index in [-0.39, 0.29) is 5.91 Å². The van der Waals surface area contributed by atoms with Gasteiger partial charge in [-0.3, -0.25) is 9.69 Å². The Morgan fingerprint density at radius 2 is 2.44 bits per heavy atom. The topological polar surface area (TPSA) is 70.4 Å². The number of anilines is 1. The first-order chi connectivity index (χ1) is 8.54. The highest BCUT2D eigenvalue weighted by atomic mass is 16.5. The first-order valence-corrected chi connectivity index (χ1v) is 6.25. The molecule has 6 heteroatoms. The molecule has 100 valence electrons. The molecule has 0 aliphatic carbocycles. The second-order valence-electron chi connectivity index (χ2n) is 4.96. The van der Waals surface area contributed by atoms with Crippen molar-refractivity contribution in [1.82, 2.24) is 15.4 Å². The van der Waals surface area contributed by atoms with Crippen LogP contribution in [0.1, 0.15) is 19.6 Å². The number of carbonyl (C=O) groups excluding carboxylic acids is 1. The molecule has 2 N–H and O–H groups in total. The summed E-state index contributed by atoms with van der Waals surface area (Å²) in [5, 5.41) is 9.87. The molecule has 2 unspecified atom stereocenters. The largest absolute Gasteiger partial charge is 0.360 e. The van der Waals surface area contributed by atoms with Crippen LogP contribution in [0.5, 0.6) is 0 Å². The molecule has 1 aliphatic heterocycles. The van der Waals surface area contributed by atoms with Crippen molar-refractivity contribution in [3.8, 4) is 0 Å². The van der Waals surface area contributed by atoms with Gasteiger partial charge in [-0.15, -0.1) is 0 Å². The molecule has 0 radical (unpaired) electrons. The zero-order valence-electron chi connectivity index (χ0n) is 11.1. The SMILES string of the molecule is Cc1cc(NC(=O)CN2CC(C)NCC2C)no1. The summed E-state index contributed by atoms with van der Waals surface area (Å²) in [5.74, 6) is 1.12. The molecule has 1 saturated heterocycles. The van der Waals surface area contributed by atoms with Crippen LogP contribution in [0.2, 0.25) is 0 Å². The Kier molecular flexibility index (Phi) is 3.98. The minimum atomic E-state index is -0.0516. The van der Waals surface area contributed by atoms with Crippen molar-refractivity contribution in [2.75, 3.05) is 25.0 Å². The number of hydrogen-bond acceptors (Lipinski definition) is 5. The van der Waals surface area contributed by atoms with E-state index in [1.165, 1.54) is 0 Å². The molecule has 2 heterocycles. The Morgan fingerprint density at radius 3 is 3.11 bits per heavy atom. The van der Waals surface area contributed by atoms with Crippen LogP contribution >= 0.6 is 0 Å². The third-order valence-corrected chi connectivity index (χ3v) is 3.14. The molecular formula is C12H20N4O2. The van der Waals surface area contributed by atoms with Crippen LogP contribution < -0.4 is 10.6 Å². The van der Waals surface area contributed by atoms with Crippen molar-refractivity contribution >= 4 is 11.7 Å². The molecule has 1 aromatic heterocycles. The molecule has 2 atom stereocenters. The van der Waals surface area contributed by atoms with Crippen LogP contribution in [-0.4, -0.2) is 47.7 Å². The number of piperazine rings is 1. The average molecular weight is 252 g/mol. The molecule has 1 aliphatic rings. The van der Waals surface area contributed by atoms with Gasteiger partial charge >= 0.3 is 0 Å². The van der Waals surface area contributed by atoms with Crippen LogP contribution in [0.15, 0.2) is 10.6 Å². The number of amides is 1. The summed E-state index contributed by atoms with van der Waals surface area (Å²) in [5.41, 5.74) is 0. The summed E-state index contributed by atoms with van der Waals surface area (Å²) in [6, 6.07) is 2.50. The molecule has 0 spiro atoms. The van der Waals surface area contributed by atoms with E-state index < -0.39 is 0 Å². The summed E-state index contributed by atoms with van der Waals surface area (Å²) in [4.78, 5) is 14.1. The summed E-state index contributed by atoms with van der Waals surface area (Å²) in [6.45, 7) is 8.22. The Balaban J connectivity index is 1.86. The Bertz CT molecular complexity index is 418. The highest BCUT2D eigenvalue weighted by molar-refractivity contribution is 5.91. The van der Waals surface area contributed by atoms with E-state index in [4.69, 9.17) is 4.52 Å². The predicted molar refractivity (Wildman–Crippen MR) is 68.4 cm³/mol. The quantitative estimate of drug-likeness (QED) is 0.824. The van der Waals surface area contributed by atoms with Crippen molar-refractivity contribution in [3.63, 3.8) is 0 Å². The summed E-state index contributed by atoms with van der Waals surface area (Å²) in [7, 11) is 0. The molecule has 0 aromatic carbocycles. The van der Waals surface area contributed by atoms with Crippen molar-refractivity contribution in [1.29, 1.82) is 0 Å². The third-order valence-electron chi connectivity index (χ3n) is 3.14. The summed E-state index contributed by atoms with van der Waals surface area (Å²) >= 11 is 0. The van der Waals surface area contributed by atoms with Gasteiger partial charge < -0.3 is 15.2 Å². The standard InChI is InChI=1S/C12H20N4O2/c1-8-6-16(9(2)5-13-8)7-12(17)14-11-4-10(3)18-15-11/h4,8-9,13H,5-7H2,1-3H3,(H,14,15,17). The van der Waals surface area contributed by atoms with Gasteiger partial charge in [0.05, 0.1) is 6.54 Å². The summed E-state index contributed by atoms with van der Waals surface area (Å²) < 4.78 is 4.91. The number of nitrogens with zero attached hydrogens (tertiary/aromatic N) is 2. The maximum atomic E-state index is 11.9. The lowest BCUT2D eigenvalue weighted by Crippen LogP contribution is -2.55. The Hall–Kier alpha value is -1.40. The molecule has 2 rings (SSSR count). The second-order valence-corrected chi connectivity index (χ2v) is 4.96. The van der Waals surface area contributed by atoms with Crippen molar-refractivity contribution in [3.05, 3.63) is 11.8 Å². The van der Waals surface area contributed by atoms with E-state index in [9.17, 15) is 4.79 Å². The minimum absolute atomic E-state index is 0.0516. The van der Waals surface area contributed by atoms with Crippen LogP contribution in [0.4, 0.5) is 5.82 Å². The molecule has 0 saturated carbocycles. The predicted octanol–water partition coefficient (Wildman–Crippen LogP) is 0.604. The Morgan fingerprint density at radius 1 is 1.67 bits per heavy atom. The molecule has 1 amide bonds. The van der Waals surface area contributed by atoms with E-state index in [1.54, 1.807) is 13.0 Å². The van der Waals surface area contributed by atoms with Crippen molar-refractivity contribution < 1.29 is 9.32 Å². The third kappa shape index (κ3) is 3.30. The molecule has 1 fully saturated rings. The fourth-order valence-corrected chi connectivity index (χ4v) is 2.11. The van der Waals surface area contributed by atoms with Gasteiger partial charge in [0, 0.05) is 31.2 Å². The average Bonchev–Trinajstić information content (AvgIpc) is 2.69. The van der Waals surface area contributed by atoms with Crippen LogP contribution in [-0.2, 0) is 4.79 Å². The van der Waals surface area contributed by atoms with Gasteiger partial charge in [0.25, 0.3) is 0 Å². The van der Waals surface area contributed by atoms with Gasteiger partial charge in [0.1, 0.15) is 5.76 Å². The van der Waals surface area contributed by atoms with Gasteiger partial charge in [-0.1, -0.05) is 5.16 Å². The molecule has 0 bridgehead atoms. The zero-order valence-corrected chi connectivity index (χ0v) is 11.1. The first kappa shape index (κ1) is 13.0. The van der Waals surface area contributed by atoms with Gasteiger partial charge in [-0.25, -0.2) is 0 Å². The van der Waals surface area contributed by atoms with Gasteiger partial charge in [-0.05, 0) is 20.8 Å². The lowest BCUT2D eigenvalue weighted by molar-refractivity contribution is -0.118. The fraction of sp³-hybridized carbons (Fsp3) is 0.667. The lowest BCUT2D eigenvalue weighted by Gasteiger charge is -2.36. The second kappa shape index (κ2) is 5.49. The van der Waals surface area contributed by atoms with Crippen LogP contribution in [0.25, 0.3) is 0 Å². The number of carbonyl (C=O) groups is 1. The smallest absolute Gasteiger partial charge is 0.239 e. The molecule has 18 heavy (non-hydrogen) atoms. The fourth-order valence-electron chi connectivity index (χ4n) is 2.11. The lowest BCUT2D eigenvalue weighted by atomic mass is 10.1. The van der Waals surface area contributed by atoms with E-state index in [1.807, 2.05) is 0 Å². The highest BCUT2D eigenvalue weighted by Gasteiger charge is 2.24. The van der Waals surface area contributed by atoms with Crippen molar-refractivity contribution in [2.45, 2.75) is 32.9 Å². The van der Waals surface area contributed by atoms with Crippen LogP contribution in [0.3, 0.4) is 0 Å². The number of aromatic nitrogens is 1. The number of aryl methyl sites for hydroxylation is 1. The zero-order chi connectivity index (χ0) is 13.1. The Labute approximate surface area is 107 Å². The highest BCUT2D eigenvalue weighted by Crippen LogP contribution is 2.09. The van der Waals surface area contributed by atoms with Gasteiger partial charge in [0.2, 0.25) is 5.91 Å². The number of hydrogen-bond donors (Lipinski definition) is 2. The van der Waals surface area contributed by atoms with E-state index in [2.05, 4.69) is 34.5 Å². The summed E-state index contributed by atoms with van der Waals surface area (Å²) in [6.07, 6.45) is 0. The maximum absolute atomic E-state index is 11.9. The minimum Gasteiger partial charge on any atom is -0.360 e. The van der Waals surface area contributed by atoms with Crippen LogP contribution in [0, 0.1) is 6.92 Å². The molecule has 6 nitrogen and oxygen atoms in total. The molecule has 1 aromatic rings. The number of nitrogens with one attached hydrogen (secondary N) is 2. The number of rotatable bonds is 3. The first-order valence-electron chi connectivity index (χ1n) is 6.25. The van der Waals surface area contributed by atoms with Gasteiger partial charge in [0.15, 0.2) is 5.82 Å². The van der Waals surface area contributed by atoms with E-state index in [0.29, 0.717) is 30.2 Å². The van der Waals surface area contributed by atoms with Gasteiger partial charge in [-0.2, -0.15) is 0 Å².